The van der Waals surface area contributed by atoms with Crippen LogP contribution in [0, 0.1) is 5.82 Å². The van der Waals surface area contributed by atoms with Crippen molar-refractivity contribution < 1.29 is 4.39 Å². The number of likely N-dealkylation sites (N-methyl/N-ethyl adjacent to an activating group) is 1. The SMILES string of the molecule is CCCCN(C)C(CN)c1ccc(Br)cc1F. The maximum atomic E-state index is 13.9. The van der Waals surface area contributed by atoms with E-state index in [-0.39, 0.29) is 11.9 Å². The fourth-order valence-corrected chi connectivity index (χ4v) is 2.21. The van der Waals surface area contributed by atoms with Crippen LogP contribution in [0.2, 0.25) is 0 Å². The summed E-state index contributed by atoms with van der Waals surface area (Å²) in [6.07, 6.45) is 2.23. The molecule has 0 saturated carbocycles. The fraction of sp³-hybridized carbons (Fsp3) is 0.538. The van der Waals surface area contributed by atoms with Gasteiger partial charge in [0.15, 0.2) is 0 Å². The molecule has 0 aromatic heterocycles. The van der Waals surface area contributed by atoms with Crippen LogP contribution in [-0.4, -0.2) is 25.0 Å². The van der Waals surface area contributed by atoms with Crippen molar-refractivity contribution in [1.29, 1.82) is 0 Å². The molecular weight excluding hydrogens is 283 g/mol. The lowest BCUT2D eigenvalue weighted by Crippen LogP contribution is -2.32. The molecule has 2 nitrogen and oxygen atoms in total. The molecule has 0 fully saturated rings. The molecule has 0 bridgehead atoms. The molecule has 1 aromatic rings. The van der Waals surface area contributed by atoms with Gasteiger partial charge in [0.2, 0.25) is 0 Å². The average molecular weight is 303 g/mol. The Bertz CT molecular complexity index is 357. The van der Waals surface area contributed by atoms with E-state index < -0.39 is 0 Å². The Hall–Kier alpha value is -0.450. The lowest BCUT2D eigenvalue weighted by Gasteiger charge is -2.27. The van der Waals surface area contributed by atoms with E-state index in [1.165, 1.54) is 6.07 Å². The summed E-state index contributed by atoms with van der Waals surface area (Å²) < 4.78 is 14.6. The van der Waals surface area contributed by atoms with Gasteiger partial charge in [-0.25, -0.2) is 4.39 Å². The zero-order chi connectivity index (χ0) is 12.8. The highest BCUT2D eigenvalue weighted by Crippen LogP contribution is 2.24. The number of rotatable bonds is 6. The smallest absolute Gasteiger partial charge is 0.129 e. The Kier molecular flexibility index (Phi) is 6.09. The molecule has 1 unspecified atom stereocenters. The van der Waals surface area contributed by atoms with Crippen LogP contribution in [0.15, 0.2) is 22.7 Å². The van der Waals surface area contributed by atoms with Crippen LogP contribution < -0.4 is 5.73 Å². The minimum atomic E-state index is -0.196. The molecule has 0 spiro atoms. The van der Waals surface area contributed by atoms with Crippen LogP contribution in [0.4, 0.5) is 4.39 Å². The molecule has 4 heteroatoms. The third-order valence-electron chi connectivity index (χ3n) is 2.94. The molecule has 17 heavy (non-hydrogen) atoms. The minimum Gasteiger partial charge on any atom is -0.329 e. The van der Waals surface area contributed by atoms with Crippen molar-refractivity contribution in [2.75, 3.05) is 20.1 Å². The van der Waals surface area contributed by atoms with E-state index in [2.05, 4.69) is 27.8 Å². The molecule has 96 valence electrons. The maximum Gasteiger partial charge on any atom is 0.129 e. The third kappa shape index (κ3) is 4.05. The first kappa shape index (κ1) is 14.6. The topological polar surface area (TPSA) is 29.3 Å². The summed E-state index contributed by atoms with van der Waals surface area (Å²) in [6, 6.07) is 5.11. The Labute approximate surface area is 111 Å². The molecule has 0 aliphatic heterocycles. The third-order valence-corrected chi connectivity index (χ3v) is 3.43. The van der Waals surface area contributed by atoms with E-state index >= 15 is 0 Å². The van der Waals surface area contributed by atoms with E-state index in [0.717, 1.165) is 23.9 Å². The molecule has 0 saturated heterocycles. The Balaban J connectivity index is 2.85. The molecule has 0 aliphatic carbocycles. The second-order valence-electron chi connectivity index (χ2n) is 4.25. The van der Waals surface area contributed by atoms with Gasteiger partial charge in [0.05, 0.1) is 0 Å². The normalized spacial score (nSPS) is 13.1. The number of nitrogens with two attached hydrogens (primary N) is 1. The number of halogens is 2. The van der Waals surface area contributed by atoms with Gasteiger partial charge in [-0.2, -0.15) is 0 Å². The van der Waals surface area contributed by atoms with Gasteiger partial charge >= 0.3 is 0 Å². The summed E-state index contributed by atoms with van der Waals surface area (Å²) in [5, 5.41) is 0. The lowest BCUT2D eigenvalue weighted by atomic mass is 10.0. The summed E-state index contributed by atoms with van der Waals surface area (Å²) in [5.41, 5.74) is 6.44. The summed E-state index contributed by atoms with van der Waals surface area (Å²) in [4.78, 5) is 2.12. The summed E-state index contributed by atoms with van der Waals surface area (Å²) in [5.74, 6) is -0.196. The average Bonchev–Trinajstić information content (AvgIpc) is 2.30. The molecular formula is C13H20BrFN2. The highest BCUT2D eigenvalue weighted by molar-refractivity contribution is 9.10. The Morgan fingerprint density at radius 3 is 2.71 bits per heavy atom. The molecule has 0 heterocycles. The van der Waals surface area contributed by atoms with Crippen LogP contribution >= 0.6 is 15.9 Å². The number of unbranched alkanes of at least 4 members (excludes halogenated alkanes) is 1. The van der Waals surface area contributed by atoms with Gasteiger partial charge in [-0.05, 0) is 32.1 Å². The predicted octanol–water partition coefficient (Wildman–Crippen LogP) is 3.32. The van der Waals surface area contributed by atoms with Gasteiger partial charge in [-0.15, -0.1) is 0 Å². The number of hydrogen-bond acceptors (Lipinski definition) is 2. The quantitative estimate of drug-likeness (QED) is 0.873. The number of nitrogens with zero attached hydrogens (tertiary/aromatic N) is 1. The Morgan fingerprint density at radius 1 is 1.47 bits per heavy atom. The van der Waals surface area contributed by atoms with Crippen LogP contribution in [-0.2, 0) is 0 Å². The van der Waals surface area contributed by atoms with Gasteiger partial charge in [-0.3, -0.25) is 4.90 Å². The summed E-state index contributed by atoms with van der Waals surface area (Å²) in [7, 11) is 1.99. The highest BCUT2D eigenvalue weighted by atomic mass is 79.9. The zero-order valence-electron chi connectivity index (χ0n) is 10.4. The van der Waals surface area contributed by atoms with Crippen molar-refractivity contribution in [2.24, 2.45) is 5.73 Å². The van der Waals surface area contributed by atoms with Crippen LogP contribution in [0.25, 0.3) is 0 Å². The minimum absolute atomic E-state index is 0.0466. The second-order valence-corrected chi connectivity index (χ2v) is 5.17. The standard InChI is InChI=1S/C13H20BrFN2/c1-3-4-7-17(2)13(9-16)11-6-5-10(14)8-12(11)15/h5-6,8,13H,3-4,7,9,16H2,1-2H3. The van der Waals surface area contributed by atoms with E-state index in [1.54, 1.807) is 6.07 Å². The molecule has 1 aromatic carbocycles. The zero-order valence-corrected chi connectivity index (χ0v) is 12.0. The summed E-state index contributed by atoms with van der Waals surface area (Å²) >= 11 is 3.26. The number of hydrogen-bond donors (Lipinski definition) is 1. The van der Waals surface area contributed by atoms with E-state index in [9.17, 15) is 4.39 Å². The number of benzene rings is 1. The van der Waals surface area contributed by atoms with Crippen molar-refractivity contribution in [3.8, 4) is 0 Å². The molecule has 0 aliphatic rings. The van der Waals surface area contributed by atoms with Crippen LogP contribution in [0.1, 0.15) is 31.4 Å². The van der Waals surface area contributed by atoms with Crippen molar-refractivity contribution in [2.45, 2.75) is 25.8 Å². The molecule has 0 radical (unpaired) electrons. The van der Waals surface area contributed by atoms with Crippen molar-refractivity contribution in [3.63, 3.8) is 0 Å². The van der Waals surface area contributed by atoms with Gasteiger partial charge in [0.1, 0.15) is 5.82 Å². The first-order chi connectivity index (χ1) is 8.10. The van der Waals surface area contributed by atoms with Gasteiger partial charge < -0.3 is 5.73 Å². The van der Waals surface area contributed by atoms with Crippen LogP contribution in [0.3, 0.4) is 0 Å². The second kappa shape index (κ2) is 7.09. The largest absolute Gasteiger partial charge is 0.329 e. The van der Waals surface area contributed by atoms with Gasteiger partial charge in [0.25, 0.3) is 0 Å². The first-order valence-corrected chi connectivity index (χ1v) is 6.74. The van der Waals surface area contributed by atoms with Crippen LogP contribution in [0.5, 0.6) is 0 Å². The summed E-state index contributed by atoms with van der Waals surface area (Å²) in [6.45, 7) is 3.51. The maximum absolute atomic E-state index is 13.9. The van der Waals surface area contributed by atoms with E-state index in [0.29, 0.717) is 12.1 Å². The predicted molar refractivity (Wildman–Crippen MR) is 73.4 cm³/mol. The molecule has 1 atom stereocenters. The lowest BCUT2D eigenvalue weighted by molar-refractivity contribution is 0.241. The van der Waals surface area contributed by atoms with Crippen molar-refractivity contribution >= 4 is 15.9 Å². The highest BCUT2D eigenvalue weighted by Gasteiger charge is 2.18. The first-order valence-electron chi connectivity index (χ1n) is 5.95. The molecule has 0 amide bonds. The van der Waals surface area contributed by atoms with E-state index in [4.69, 9.17) is 5.73 Å². The Morgan fingerprint density at radius 2 is 2.18 bits per heavy atom. The van der Waals surface area contributed by atoms with Gasteiger partial charge in [-0.1, -0.05) is 35.3 Å². The van der Waals surface area contributed by atoms with Crippen molar-refractivity contribution in [1.82, 2.24) is 4.90 Å². The molecule has 2 N–H and O–H groups in total. The van der Waals surface area contributed by atoms with Crippen molar-refractivity contribution in [3.05, 3.63) is 34.1 Å². The van der Waals surface area contributed by atoms with Gasteiger partial charge in [0, 0.05) is 22.6 Å². The monoisotopic (exact) mass is 302 g/mol. The fourth-order valence-electron chi connectivity index (χ4n) is 1.88. The molecule has 1 rings (SSSR count). The van der Waals surface area contributed by atoms with E-state index in [1.807, 2.05) is 13.1 Å².